The predicted molar refractivity (Wildman–Crippen MR) is 102 cm³/mol. The number of para-hydroxylation sites is 1. The molecule has 1 amide bonds. The van der Waals surface area contributed by atoms with E-state index in [4.69, 9.17) is 0 Å². The maximum atomic E-state index is 12.8. The quantitative estimate of drug-likeness (QED) is 0.730. The zero-order chi connectivity index (χ0) is 18.0. The molecule has 0 aliphatic carbocycles. The van der Waals surface area contributed by atoms with E-state index < -0.39 is 0 Å². The summed E-state index contributed by atoms with van der Waals surface area (Å²) < 4.78 is 4.20. The molecule has 1 heterocycles. The van der Waals surface area contributed by atoms with E-state index in [0.29, 0.717) is 11.4 Å². The number of hydrogen-bond donors (Lipinski definition) is 1. The summed E-state index contributed by atoms with van der Waals surface area (Å²) in [4.78, 5) is 25.1. The predicted octanol–water partition coefficient (Wildman–Crippen LogP) is 3.43. The van der Waals surface area contributed by atoms with Crippen LogP contribution in [-0.2, 0) is 18.3 Å². The Morgan fingerprint density at radius 1 is 1.12 bits per heavy atom. The molecule has 2 aromatic carbocycles. The first-order valence-corrected chi connectivity index (χ1v) is 8.65. The number of anilines is 1. The molecule has 0 radical (unpaired) electrons. The molecule has 5 nitrogen and oxygen atoms in total. The summed E-state index contributed by atoms with van der Waals surface area (Å²) in [6, 6.07) is 16.9. The topological polar surface area (TPSA) is 56.0 Å². The van der Waals surface area contributed by atoms with Crippen molar-refractivity contribution in [2.45, 2.75) is 13.3 Å². The third kappa shape index (κ3) is 3.58. The summed E-state index contributed by atoms with van der Waals surface area (Å²) in [7, 11) is 1.80. The smallest absolute Gasteiger partial charge is 0.295 e. The summed E-state index contributed by atoms with van der Waals surface area (Å²) in [5, 5.41) is 2.77. The van der Waals surface area contributed by atoms with Crippen molar-refractivity contribution < 1.29 is 4.79 Å². The van der Waals surface area contributed by atoms with Crippen LogP contribution in [0.3, 0.4) is 0 Å². The SMILES string of the molecule is Cc1c(NC(=O)Cc2cccc(Br)c2)c(=O)n(-c2ccccc2)n1C. The van der Waals surface area contributed by atoms with Crippen LogP contribution in [0.5, 0.6) is 0 Å². The number of nitrogens with one attached hydrogen (secondary N) is 1. The minimum Gasteiger partial charge on any atom is -0.320 e. The van der Waals surface area contributed by atoms with Crippen LogP contribution in [0.25, 0.3) is 5.69 Å². The van der Waals surface area contributed by atoms with Crippen LogP contribution >= 0.6 is 15.9 Å². The maximum absolute atomic E-state index is 12.8. The largest absolute Gasteiger partial charge is 0.320 e. The number of amides is 1. The highest BCUT2D eigenvalue weighted by Gasteiger charge is 2.18. The van der Waals surface area contributed by atoms with Gasteiger partial charge in [0.25, 0.3) is 5.56 Å². The Morgan fingerprint density at radius 2 is 1.84 bits per heavy atom. The molecule has 0 saturated carbocycles. The summed E-state index contributed by atoms with van der Waals surface area (Å²) in [5.74, 6) is -0.218. The Labute approximate surface area is 154 Å². The van der Waals surface area contributed by atoms with E-state index in [-0.39, 0.29) is 17.9 Å². The van der Waals surface area contributed by atoms with Crippen molar-refractivity contribution in [3.63, 3.8) is 0 Å². The standard InChI is InChI=1S/C19H18BrN3O2/c1-13-18(21-17(24)12-14-7-6-8-15(20)11-14)19(25)23(22(13)2)16-9-4-3-5-10-16/h3-11H,12H2,1-2H3,(H,21,24). The van der Waals surface area contributed by atoms with E-state index in [2.05, 4.69) is 21.2 Å². The zero-order valence-corrected chi connectivity index (χ0v) is 15.6. The van der Waals surface area contributed by atoms with Crippen LogP contribution in [0.4, 0.5) is 5.69 Å². The van der Waals surface area contributed by atoms with E-state index in [1.807, 2.05) is 61.5 Å². The second-order valence-corrected chi connectivity index (χ2v) is 6.71. The van der Waals surface area contributed by atoms with Crippen molar-refractivity contribution in [3.8, 4) is 5.69 Å². The highest BCUT2D eigenvalue weighted by molar-refractivity contribution is 9.10. The van der Waals surface area contributed by atoms with Gasteiger partial charge in [0.2, 0.25) is 5.91 Å². The molecule has 0 atom stereocenters. The fourth-order valence-electron chi connectivity index (χ4n) is 2.73. The number of hydrogen-bond acceptors (Lipinski definition) is 2. The van der Waals surface area contributed by atoms with E-state index in [9.17, 15) is 9.59 Å². The van der Waals surface area contributed by atoms with Gasteiger partial charge in [0.05, 0.1) is 17.8 Å². The molecule has 128 valence electrons. The second kappa shape index (κ2) is 7.11. The van der Waals surface area contributed by atoms with Gasteiger partial charge in [-0.25, -0.2) is 4.68 Å². The first kappa shape index (κ1) is 17.2. The van der Waals surface area contributed by atoms with E-state index >= 15 is 0 Å². The highest BCUT2D eigenvalue weighted by Crippen LogP contribution is 2.15. The Kier molecular flexibility index (Phi) is 4.90. The maximum Gasteiger partial charge on any atom is 0.295 e. The van der Waals surface area contributed by atoms with Gasteiger partial charge in [0.15, 0.2) is 0 Å². The summed E-state index contributed by atoms with van der Waals surface area (Å²) in [6.07, 6.45) is 0.207. The molecule has 3 rings (SSSR count). The van der Waals surface area contributed by atoms with Gasteiger partial charge in [-0.15, -0.1) is 0 Å². The number of benzene rings is 2. The number of nitrogens with zero attached hydrogens (tertiary/aromatic N) is 2. The lowest BCUT2D eigenvalue weighted by atomic mass is 10.1. The zero-order valence-electron chi connectivity index (χ0n) is 14.0. The van der Waals surface area contributed by atoms with Crippen molar-refractivity contribution in [3.05, 3.63) is 80.7 Å². The van der Waals surface area contributed by atoms with E-state index in [0.717, 1.165) is 15.7 Å². The van der Waals surface area contributed by atoms with Crippen molar-refractivity contribution in [2.75, 3.05) is 5.32 Å². The monoisotopic (exact) mass is 399 g/mol. The minimum atomic E-state index is -0.242. The first-order chi connectivity index (χ1) is 12.0. The fourth-order valence-corrected chi connectivity index (χ4v) is 3.17. The average Bonchev–Trinajstić information content (AvgIpc) is 2.79. The molecule has 0 bridgehead atoms. The van der Waals surface area contributed by atoms with Crippen molar-refractivity contribution in [1.29, 1.82) is 0 Å². The lowest BCUT2D eigenvalue weighted by Crippen LogP contribution is -2.23. The van der Waals surface area contributed by atoms with Gasteiger partial charge in [0, 0.05) is 11.5 Å². The Bertz CT molecular complexity index is 974. The minimum absolute atomic E-state index is 0.207. The van der Waals surface area contributed by atoms with E-state index in [1.54, 1.807) is 16.4 Å². The van der Waals surface area contributed by atoms with Crippen LogP contribution < -0.4 is 10.9 Å². The molecule has 1 N–H and O–H groups in total. The van der Waals surface area contributed by atoms with E-state index in [1.165, 1.54) is 0 Å². The van der Waals surface area contributed by atoms with Crippen LogP contribution in [0.2, 0.25) is 0 Å². The van der Waals surface area contributed by atoms with Gasteiger partial charge in [-0.2, -0.15) is 0 Å². The Morgan fingerprint density at radius 3 is 2.52 bits per heavy atom. The third-order valence-corrected chi connectivity index (χ3v) is 4.57. The molecule has 0 fully saturated rings. The van der Waals surface area contributed by atoms with Crippen LogP contribution in [0, 0.1) is 6.92 Å². The molecule has 0 aliphatic heterocycles. The van der Waals surface area contributed by atoms with Crippen molar-refractivity contribution in [2.24, 2.45) is 7.05 Å². The number of halogens is 1. The Balaban J connectivity index is 1.88. The molecule has 0 unspecified atom stereocenters. The van der Waals surface area contributed by atoms with Gasteiger partial charge < -0.3 is 5.32 Å². The van der Waals surface area contributed by atoms with Crippen LogP contribution in [0.1, 0.15) is 11.3 Å². The van der Waals surface area contributed by atoms with Crippen LogP contribution in [-0.4, -0.2) is 15.3 Å². The molecule has 3 aromatic rings. The van der Waals surface area contributed by atoms with Gasteiger partial charge in [0.1, 0.15) is 5.69 Å². The number of rotatable bonds is 4. The molecule has 1 aromatic heterocycles. The van der Waals surface area contributed by atoms with Gasteiger partial charge in [-0.05, 0) is 36.8 Å². The highest BCUT2D eigenvalue weighted by atomic mass is 79.9. The molecule has 6 heteroatoms. The molecule has 0 aliphatic rings. The lowest BCUT2D eigenvalue weighted by molar-refractivity contribution is -0.115. The summed E-state index contributed by atoms with van der Waals surface area (Å²) in [5.41, 5.74) is 2.41. The van der Waals surface area contributed by atoms with Crippen LogP contribution in [0.15, 0.2) is 63.9 Å². The molecular formula is C19H18BrN3O2. The molecule has 0 saturated heterocycles. The van der Waals surface area contributed by atoms with Gasteiger partial charge >= 0.3 is 0 Å². The fraction of sp³-hybridized carbons (Fsp3) is 0.158. The third-order valence-electron chi connectivity index (χ3n) is 4.07. The second-order valence-electron chi connectivity index (χ2n) is 5.79. The molecular weight excluding hydrogens is 382 g/mol. The van der Waals surface area contributed by atoms with Crippen molar-refractivity contribution in [1.82, 2.24) is 9.36 Å². The number of carbonyl (C=O) groups excluding carboxylic acids is 1. The van der Waals surface area contributed by atoms with Crippen molar-refractivity contribution >= 4 is 27.5 Å². The first-order valence-electron chi connectivity index (χ1n) is 7.85. The number of aromatic nitrogens is 2. The normalized spacial score (nSPS) is 10.7. The van der Waals surface area contributed by atoms with Gasteiger partial charge in [-0.1, -0.05) is 46.3 Å². The Hall–Kier alpha value is -2.60. The molecule has 25 heavy (non-hydrogen) atoms. The number of carbonyl (C=O) groups is 1. The average molecular weight is 400 g/mol. The summed E-state index contributed by atoms with van der Waals surface area (Å²) in [6.45, 7) is 1.82. The molecule has 0 spiro atoms. The summed E-state index contributed by atoms with van der Waals surface area (Å²) >= 11 is 3.39. The lowest BCUT2D eigenvalue weighted by Gasteiger charge is -2.07. The van der Waals surface area contributed by atoms with Gasteiger partial charge in [-0.3, -0.25) is 14.3 Å².